The van der Waals surface area contributed by atoms with Gasteiger partial charge in [0.2, 0.25) is 3.79 Å². The van der Waals surface area contributed by atoms with E-state index in [1.165, 1.54) is 52.0 Å². The first-order valence-electron chi connectivity index (χ1n) is 15.9. The van der Waals surface area contributed by atoms with Crippen LogP contribution in [0, 0.1) is 16.7 Å². The van der Waals surface area contributed by atoms with Gasteiger partial charge in [-0.25, -0.2) is 9.59 Å². The van der Waals surface area contributed by atoms with Gasteiger partial charge in [0.25, 0.3) is 0 Å². The maximum Gasteiger partial charge on any atom is 0.508 e. The molecule has 51 heavy (non-hydrogen) atoms. The molecule has 1 aromatic rings. The smallest absolute Gasteiger partial charge is 0.463 e. The summed E-state index contributed by atoms with van der Waals surface area (Å²) in [4.78, 5) is 67.0. The Balaban J connectivity index is 2.10. The number of hydrogen-bond acceptors (Lipinski definition) is 14. The van der Waals surface area contributed by atoms with Crippen molar-refractivity contribution in [3.63, 3.8) is 0 Å². The number of fused-ring (bicyclic) bond motifs is 3. The number of esters is 3. The molecule has 17 heteroatoms. The molecule has 0 aliphatic heterocycles. The second kappa shape index (κ2) is 14.4. The van der Waals surface area contributed by atoms with Gasteiger partial charge in [0.1, 0.15) is 36.6 Å². The van der Waals surface area contributed by atoms with Crippen molar-refractivity contribution in [2.45, 2.75) is 99.9 Å². The topological polar surface area (TPSA) is 212 Å². The summed E-state index contributed by atoms with van der Waals surface area (Å²) in [7, 11) is 0. The standard InChI is InChI=1S/C34H41Cl3O14/c1-16-20(40)13-33(46)27(51-28(43)19-10-8-7-9-11-19)25-31(6,26(42)24(49-18(3)39)23(16)30(33,4)5)22(50-29(44)48-15-34(35,36)37)12-21(41)32(25,45)14-47-17(2)38/h7-11,20-22,24-25,27,40-41,45-46H,12-15H2,1-6H3/t20-,21-,22-,24+,25-,27-,31+,32-,33+/m0/s1. The Kier molecular flexibility index (Phi) is 11.6. The Bertz CT molecular complexity index is 1590. The largest absolute Gasteiger partial charge is 0.508 e. The first kappa shape index (κ1) is 40.8. The first-order chi connectivity index (χ1) is 23.4. The van der Waals surface area contributed by atoms with E-state index in [-0.39, 0.29) is 16.7 Å². The number of carbonyl (C=O) groups excluding carboxylic acids is 5. The molecule has 4 N–H and O–H groups in total. The molecule has 0 saturated heterocycles. The van der Waals surface area contributed by atoms with Crippen LogP contribution in [0.4, 0.5) is 4.79 Å². The lowest BCUT2D eigenvalue weighted by molar-refractivity contribution is -0.287. The van der Waals surface area contributed by atoms with E-state index in [0.29, 0.717) is 0 Å². The number of Topliss-reactive ketones (excluding diaryl/α,β-unsaturated/α-hetero) is 1. The van der Waals surface area contributed by atoms with Crippen LogP contribution in [-0.2, 0) is 38.1 Å². The number of carbonyl (C=O) groups is 5. The highest BCUT2D eigenvalue weighted by Gasteiger charge is 2.75. The lowest BCUT2D eigenvalue weighted by Crippen LogP contribution is -2.78. The van der Waals surface area contributed by atoms with Gasteiger partial charge >= 0.3 is 24.1 Å². The molecule has 14 nitrogen and oxygen atoms in total. The first-order valence-corrected chi connectivity index (χ1v) is 17.1. The van der Waals surface area contributed by atoms with Gasteiger partial charge in [-0.2, -0.15) is 0 Å². The summed E-state index contributed by atoms with van der Waals surface area (Å²) in [6, 6.07) is 7.51. The third-order valence-corrected chi connectivity index (χ3v) is 10.8. The number of halogens is 3. The molecule has 0 spiro atoms. The van der Waals surface area contributed by atoms with Crippen LogP contribution in [0.1, 0.15) is 64.7 Å². The predicted molar refractivity (Wildman–Crippen MR) is 179 cm³/mol. The Morgan fingerprint density at radius 1 is 0.922 bits per heavy atom. The van der Waals surface area contributed by atoms with Crippen molar-refractivity contribution in [3.8, 4) is 0 Å². The summed E-state index contributed by atoms with van der Waals surface area (Å²) in [5.41, 5.74) is -9.17. The zero-order chi connectivity index (χ0) is 38.5. The summed E-state index contributed by atoms with van der Waals surface area (Å²) >= 11 is 17.2. The van der Waals surface area contributed by atoms with E-state index in [1.54, 1.807) is 6.07 Å². The van der Waals surface area contributed by atoms with Gasteiger partial charge in [0.05, 0.1) is 23.2 Å². The highest BCUT2D eigenvalue weighted by molar-refractivity contribution is 6.67. The number of aliphatic hydroxyl groups is 4. The van der Waals surface area contributed by atoms with Gasteiger partial charge in [0, 0.05) is 38.0 Å². The van der Waals surface area contributed by atoms with Gasteiger partial charge in [-0.1, -0.05) is 66.8 Å². The second-order valence-electron chi connectivity index (χ2n) is 14.0. The fourth-order valence-corrected chi connectivity index (χ4v) is 8.00. The minimum Gasteiger partial charge on any atom is -0.463 e. The SMILES string of the molecule is CC(=O)OC[C@@]1(O)[C@H]2[C@H](OC(=O)c3ccccc3)[C@]3(O)C[C@H](O)C(C)=C([C@@H](OC(C)=O)C(=O)[C@]2(C)[C@@H](OC(=O)OCC(Cl)(Cl)Cl)C[C@@H]1O)C3(C)C. The molecule has 2 saturated carbocycles. The maximum absolute atomic E-state index is 15.3. The van der Waals surface area contributed by atoms with Crippen LogP contribution in [-0.4, -0.2) is 109 Å². The van der Waals surface area contributed by atoms with E-state index < -0.39 is 118 Å². The van der Waals surface area contributed by atoms with E-state index in [1.807, 2.05) is 0 Å². The molecule has 282 valence electrons. The van der Waals surface area contributed by atoms with Crippen LogP contribution >= 0.6 is 34.8 Å². The van der Waals surface area contributed by atoms with E-state index in [2.05, 4.69) is 0 Å². The van der Waals surface area contributed by atoms with Crippen molar-refractivity contribution in [1.29, 1.82) is 0 Å². The van der Waals surface area contributed by atoms with Gasteiger partial charge in [-0.05, 0) is 37.1 Å². The Morgan fingerprint density at radius 2 is 1.53 bits per heavy atom. The molecule has 2 fully saturated rings. The van der Waals surface area contributed by atoms with Crippen molar-refractivity contribution < 1.29 is 68.1 Å². The summed E-state index contributed by atoms with van der Waals surface area (Å²) in [6.45, 7) is 5.84. The molecule has 2 bridgehead atoms. The molecular formula is C34H41Cl3O14. The molecular weight excluding hydrogens is 739 g/mol. The lowest BCUT2D eigenvalue weighted by atomic mass is 9.45. The molecule has 1 aromatic carbocycles. The highest BCUT2D eigenvalue weighted by atomic mass is 35.6. The number of benzene rings is 1. The van der Waals surface area contributed by atoms with Crippen LogP contribution in [0.2, 0.25) is 0 Å². The number of hydrogen-bond donors (Lipinski definition) is 4. The average Bonchev–Trinajstić information content (AvgIpc) is 3.02. The van der Waals surface area contributed by atoms with E-state index in [4.69, 9.17) is 58.5 Å². The lowest BCUT2D eigenvalue weighted by Gasteiger charge is -2.64. The number of ether oxygens (including phenoxy) is 5. The number of rotatable bonds is 7. The number of ketones is 1. The molecule has 0 unspecified atom stereocenters. The van der Waals surface area contributed by atoms with Gasteiger partial charge in [0.15, 0.2) is 11.9 Å². The van der Waals surface area contributed by atoms with E-state index >= 15 is 4.79 Å². The normalized spacial score (nSPS) is 34.6. The average molecular weight is 780 g/mol. The van der Waals surface area contributed by atoms with Crippen molar-refractivity contribution in [2.24, 2.45) is 16.7 Å². The number of alkyl halides is 3. The molecule has 3 aliphatic rings. The molecule has 0 radical (unpaired) electrons. The molecule has 0 aromatic heterocycles. The van der Waals surface area contributed by atoms with Crippen LogP contribution in [0.3, 0.4) is 0 Å². The second-order valence-corrected chi connectivity index (χ2v) is 16.5. The van der Waals surface area contributed by atoms with Gasteiger partial charge in [-0.3, -0.25) is 14.4 Å². The van der Waals surface area contributed by atoms with E-state index in [0.717, 1.165) is 13.8 Å². The minimum atomic E-state index is -2.75. The quantitative estimate of drug-likeness (QED) is 0.136. The zero-order valence-electron chi connectivity index (χ0n) is 28.7. The maximum atomic E-state index is 15.3. The summed E-state index contributed by atoms with van der Waals surface area (Å²) < 4.78 is 25.4. The van der Waals surface area contributed by atoms with Crippen molar-refractivity contribution >= 4 is 64.6 Å². The van der Waals surface area contributed by atoms with Gasteiger partial charge in [-0.15, -0.1) is 0 Å². The third kappa shape index (κ3) is 7.46. The zero-order valence-corrected chi connectivity index (χ0v) is 31.0. The van der Waals surface area contributed by atoms with Crippen LogP contribution in [0.25, 0.3) is 0 Å². The third-order valence-electron chi connectivity index (χ3n) is 10.5. The Morgan fingerprint density at radius 3 is 2.08 bits per heavy atom. The Labute approximate surface area is 308 Å². The molecule has 9 atom stereocenters. The van der Waals surface area contributed by atoms with Crippen molar-refractivity contribution in [1.82, 2.24) is 0 Å². The van der Waals surface area contributed by atoms with Crippen LogP contribution in [0.5, 0.6) is 0 Å². The summed E-state index contributed by atoms with van der Waals surface area (Å²) in [5, 5.41) is 48.7. The van der Waals surface area contributed by atoms with Gasteiger partial charge < -0.3 is 44.1 Å². The predicted octanol–water partition coefficient (Wildman–Crippen LogP) is 3.14. The number of aliphatic hydroxyl groups excluding tert-OH is 2. The minimum absolute atomic E-state index is 0.0157. The van der Waals surface area contributed by atoms with Crippen LogP contribution in [0.15, 0.2) is 41.5 Å². The van der Waals surface area contributed by atoms with Crippen molar-refractivity contribution in [3.05, 3.63) is 47.0 Å². The summed E-state index contributed by atoms with van der Waals surface area (Å²) in [6.07, 6.45) is -12.0. The fourth-order valence-electron chi connectivity index (χ4n) is 7.84. The van der Waals surface area contributed by atoms with Crippen molar-refractivity contribution in [2.75, 3.05) is 13.2 Å². The fraction of sp³-hybridized carbons (Fsp3) is 0.618. The Hall–Kier alpha value is -2.98. The van der Waals surface area contributed by atoms with Crippen LogP contribution < -0.4 is 0 Å². The molecule has 3 aliphatic carbocycles. The summed E-state index contributed by atoms with van der Waals surface area (Å²) in [5.74, 6) is -5.99. The monoisotopic (exact) mass is 778 g/mol. The molecule has 0 heterocycles. The molecule has 0 amide bonds. The highest BCUT2D eigenvalue weighted by Crippen LogP contribution is 2.62. The van der Waals surface area contributed by atoms with E-state index in [9.17, 15) is 39.6 Å². The molecule has 4 rings (SSSR count).